The van der Waals surface area contributed by atoms with E-state index in [1.54, 1.807) is 58.6 Å². The number of hydrogen-bond donors (Lipinski definition) is 5. The molecule has 32 heteroatoms. The number of phenolic OH excluding ortho intramolecular Hbond substituents is 1. The molecule has 6 heterocycles. The third-order valence-electron chi connectivity index (χ3n) is 13.5. The highest BCUT2D eigenvalue weighted by molar-refractivity contribution is 8.15. The topological polar surface area (TPSA) is 337 Å². The highest BCUT2D eigenvalue weighted by atomic mass is 32.2. The Bertz CT molecular complexity index is 4250. The van der Waals surface area contributed by atoms with Crippen LogP contribution in [0.4, 0.5) is 10.1 Å². The molecular weight excluding hydrogens is 1390 g/mol. The SMILES string of the molecule is C=C(O)CSC1=NN=C(c2ccc(N(C)C)cc2OC)C1.C=C(O)CSc1n[nH]c(-c2cccc3c2OCCCO3)n1.COc1c(F)cccc1C1=NN=C(SCC(C)=O)C1.COc1cccc(C2=NN=C(SCC(C)=O)C2)c1OC.COc1cccc(O)c1-c1nc(SCC(C)=O)n[nH]1. The minimum Gasteiger partial charge on any atom is -0.512 e. The number of H-pyrrole nitrogens is 2. The van der Waals surface area contributed by atoms with Gasteiger partial charge in [0.25, 0.3) is 0 Å². The number of methoxy groups -OCH3 is 5. The average molecular weight is 1460 g/mol. The summed E-state index contributed by atoms with van der Waals surface area (Å²) in [6, 6.07) is 27.0. The van der Waals surface area contributed by atoms with Crippen molar-refractivity contribution in [2.45, 2.75) is 56.8 Å². The molecule has 0 fully saturated rings. The molecule has 26 nitrogen and oxygen atoms in total. The van der Waals surface area contributed by atoms with Gasteiger partial charge in [-0.2, -0.15) is 15.3 Å². The van der Waals surface area contributed by atoms with Gasteiger partial charge in [-0.15, -0.1) is 60.8 Å². The molecule has 100 heavy (non-hydrogen) atoms. The van der Waals surface area contributed by atoms with E-state index in [-0.39, 0.29) is 40.4 Å². The van der Waals surface area contributed by atoms with Gasteiger partial charge in [0.05, 0.1) is 112 Å². The summed E-state index contributed by atoms with van der Waals surface area (Å²) in [5.41, 5.74) is 7.12. The Labute approximate surface area is 599 Å². The molecule has 528 valence electrons. The second kappa shape index (κ2) is 39.2. The fourth-order valence-corrected chi connectivity index (χ4v) is 12.2. The number of ketones is 3. The molecule has 11 rings (SSSR count). The molecule has 0 atom stereocenters. The van der Waals surface area contributed by atoms with Gasteiger partial charge >= 0.3 is 0 Å². The Morgan fingerprint density at radius 1 is 0.540 bits per heavy atom. The average Bonchev–Trinajstić information content (AvgIpc) is 1.53. The summed E-state index contributed by atoms with van der Waals surface area (Å²) >= 11 is 6.78. The van der Waals surface area contributed by atoms with E-state index in [1.807, 2.05) is 73.6 Å². The first-order chi connectivity index (χ1) is 48.1. The number of fused-ring (bicyclic) bond motifs is 1. The van der Waals surface area contributed by atoms with Gasteiger partial charge in [0.15, 0.2) is 46.2 Å². The number of benzene rings is 5. The lowest BCUT2D eigenvalue weighted by Gasteiger charge is -2.15. The van der Waals surface area contributed by atoms with Crippen LogP contribution in [0.5, 0.6) is 46.0 Å². The van der Waals surface area contributed by atoms with Crippen molar-refractivity contribution < 1.29 is 67.3 Å². The van der Waals surface area contributed by atoms with Crippen molar-refractivity contribution in [2.24, 2.45) is 30.6 Å². The number of anilines is 1. The lowest BCUT2D eigenvalue weighted by Crippen LogP contribution is -2.10. The van der Waals surface area contributed by atoms with Crippen LogP contribution in [0.15, 0.2) is 157 Å². The molecule has 0 unspecified atom stereocenters. The number of nitrogens with zero attached hydrogens (tertiary/aromatic N) is 11. The smallest absolute Gasteiger partial charge is 0.209 e. The fourth-order valence-electron chi connectivity index (χ4n) is 8.94. The minimum atomic E-state index is -0.424. The maximum absolute atomic E-state index is 13.6. The zero-order valence-electron chi connectivity index (χ0n) is 56.6. The van der Waals surface area contributed by atoms with Gasteiger partial charge in [0.1, 0.15) is 55.3 Å². The molecular formula is C68H76FN13O13S5. The first-order valence-corrected chi connectivity index (χ1v) is 35.3. The number of thioether (sulfide) groups is 5. The second-order valence-corrected chi connectivity index (χ2v) is 26.5. The molecule has 4 aliphatic heterocycles. The van der Waals surface area contributed by atoms with Crippen molar-refractivity contribution in [2.75, 3.05) is 96.5 Å². The second-order valence-electron chi connectivity index (χ2n) is 21.4. The van der Waals surface area contributed by atoms with Crippen LogP contribution in [-0.4, -0.2) is 187 Å². The number of carbonyl (C=O) groups excluding carboxylic acids is 3. The maximum Gasteiger partial charge on any atom is 0.209 e. The third kappa shape index (κ3) is 23.0. The van der Waals surface area contributed by atoms with Crippen molar-refractivity contribution in [1.29, 1.82) is 0 Å². The number of aromatic amines is 2. The monoisotopic (exact) mass is 1460 g/mol. The number of rotatable bonds is 23. The van der Waals surface area contributed by atoms with Crippen molar-refractivity contribution in [3.05, 3.63) is 138 Å². The number of aromatic hydroxyl groups is 1. The highest BCUT2D eigenvalue weighted by Crippen LogP contribution is 2.40. The lowest BCUT2D eigenvalue weighted by atomic mass is 10.1. The van der Waals surface area contributed by atoms with E-state index < -0.39 is 5.82 Å². The van der Waals surface area contributed by atoms with Crippen LogP contribution in [0, 0.1) is 5.82 Å². The molecule has 2 aromatic heterocycles. The van der Waals surface area contributed by atoms with Crippen LogP contribution in [0.1, 0.15) is 63.1 Å². The molecule has 4 aliphatic rings. The van der Waals surface area contributed by atoms with Crippen molar-refractivity contribution in [3.63, 3.8) is 0 Å². The Kier molecular flexibility index (Phi) is 30.5. The first-order valence-electron chi connectivity index (χ1n) is 30.4. The Morgan fingerprint density at radius 3 is 1.57 bits per heavy atom. The van der Waals surface area contributed by atoms with E-state index in [1.165, 1.54) is 92.9 Å². The zero-order chi connectivity index (χ0) is 72.3. The van der Waals surface area contributed by atoms with E-state index in [9.17, 15) is 23.9 Å². The molecule has 7 aromatic rings. The molecule has 0 spiro atoms. The summed E-state index contributed by atoms with van der Waals surface area (Å²) < 4.78 is 51.4. The van der Waals surface area contributed by atoms with Gasteiger partial charge in [0, 0.05) is 68.2 Å². The van der Waals surface area contributed by atoms with Gasteiger partial charge in [-0.25, -0.2) is 14.4 Å². The van der Waals surface area contributed by atoms with Gasteiger partial charge in [-0.05, 0) is 81.4 Å². The number of aliphatic hydroxyl groups excluding tert-OH is 2. The summed E-state index contributed by atoms with van der Waals surface area (Å²) in [6.45, 7) is 12.8. The van der Waals surface area contributed by atoms with Crippen molar-refractivity contribution in [3.8, 4) is 68.8 Å². The van der Waals surface area contributed by atoms with Gasteiger partial charge in [0.2, 0.25) is 10.3 Å². The van der Waals surface area contributed by atoms with Crippen LogP contribution in [0.2, 0.25) is 0 Å². The van der Waals surface area contributed by atoms with E-state index in [0.717, 1.165) is 66.9 Å². The normalized spacial score (nSPS) is 13.2. The molecule has 0 aliphatic carbocycles. The number of Topliss-reactive ketones (excluding diaryl/α,β-unsaturated/α-hetero) is 3. The number of hydrogen-bond acceptors (Lipinski definition) is 29. The molecule has 0 bridgehead atoms. The fraction of sp³-hybridized carbons (Fsp3) is 0.309. The molecule has 0 saturated carbocycles. The number of para-hydroxylation sites is 3. The van der Waals surface area contributed by atoms with Gasteiger partial charge in [-0.3, -0.25) is 24.6 Å². The Morgan fingerprint density at radius 2 is 1.01 bits per heavy atom. The zero-order valence-corrected chi connectivity index (χ0v) is 60.7. The van der Waals surface area contributed by atoms with E-state index >= 15 is 0 Å². The van der Waals surface area contributed by atoms with Crippen molar-refractivity contribution in [1.82, 2.24) is 30.4 Å². The van der Waals surface area contributed by atoms with E-state index in [0.29, 0.717) is 123 Å². The number of ether oxygens (including phenoxy) is 7. The summed E-state index contributed by atoms with van der Waals surface area (Å²) in [7, 11) is 11.8. The molecule has 0 saturated heterocycles. The predicted octanol–water partition coefficient (Wildman–Crippen LogP) is 12.9. The molecule has 0 amide bonds. The quantitative estimate of drug-likeness (QED) is 0.0293. The largest absolute Gasteiger partial charge is 0.512 e. The number of halogens is 1. The van der Waals surface area contributed by atoms with Gasteiger partial charge in [-0.1, -0.05) is 60.9 Å². The highest BCUT2D eigenvalue weighted by Gasteiger charge is 2.25. The van der Waals surface area contributed by atoms with Crippen molar-refractivity contribution >= 4 is 114 Å². The molecule has 0 radical (unpaired) electrons. The number of phenols is 1. The summed E-state index contributed by atoms with van der Waals surface area (Å²) in [5.74, 6) is 7.27. The standard InChI is InChI=1S/C15H19N3O2S.C14H15N3O3S.C14H16N2O3S.C13H13FN2O2S.C12H13N3O3S/c1-10(19)9-21-15-8-13(16-17-15)12-6-5-11(18(2)3)7-14(12)20-4;1-9(18)8-21-14-15-13(16-17-14)10-4-2-5-11-12(10)20-7-3-6-19-11;1-9(17)8-20-13-7-11(15-16-13)10-5-4-6-12(18-2)14(10)19-3;1-8(17)7-19-12-6-11(15-16-12)9-4-3-5-10(14)13(9)18-2;1-7(16)6-19-12-13-11(14-15-12)10-8(17)4-3-5-9(10)18-2/h5-7,19H,1,8-9H2,2-4H3;2,4-5,18H,1,3,6-8H2,(H,15,16,17);4-6H,7-8H2,1-3H3;3-5H,6-7H2,1-2H3;3-5,17H,6H2,1-2H3,(H,13,14,15). The van der Waals surface area contributed by atoms with Crippen LogP contribution in [0.25, 0.3) is 22.8 Å². The molecule has 5 N–H and O–H groups in total. The Balaban J connectivity index is 0.000000176. The number of aliphatic hydroxyl groups is 2. The Hall–Kier alpha value is -9.63. The maximum atomic E-state index is 13.6. The lowest BCUT2D eigenvalue weighted by molar-refractivity contribution is -0.115. The first kappa shape index (κ1) is 77.7. The number of carbonyl (C=O) groups is 3. The van der Waals surface area contributed by atoms with Crippen LogP contribution in [0.3, 0.4) is 0 Å². The summed E-state index contributed by atoms with van der Waals surface area (Å²) in [6.07, 6.45) is 2.61. The molecule has 5 aromatic carbocycles. The van der Waals surface area contributed by atoms with Crippen LogP contribution < -0.4 is 38.1 Å². The summed E-state index contributed by atoms with van der Waals surface area (Å²) in [5, 5.41) is 70.0. The van der Waals surface area contributed by atoms with Crippen LogP contribution >= 0.6 is 58.8 Å². The third-order valence-corrected chi connectivity index (χ3v) is 18.7. The minimum absolute atomic E-state index is 0.0523. The summed E-state index contributed by atoms with van der Waals surface area (Å²) in [4.78, 5) is 43.4. The van der Waals surface area contributed by atoms with Gasteiger partial charge < -0.3 is 53.4 Å². The van der Waals surface area contributed by atoms with E-state index in [2.05, 4.69) is 74.1 Å². The predicted molar refractivity (Wildman–Crippen MR) is 397 cm³/mol. The van der Waals surface area contributed by atoms with Crippen LogP contribution in [-0.2, 0) is 14.4 Å². The van der Waals surface area contributed by atoms with E-state index in [4.69, 9.17) is 43.4 Å². The number of aromatic nitrogens is 6. The number of nitrogens with one attached hydrogen (secondary N) is 2.